The van der Waals surface area contributed by atoms with E-state index in [9.17, 15) is 13.6 Å². The minimum Gasteiger partial charge on any atom is -0.441 e. The van der Waals surface area contributed by atoms with E-state index in [2.05, 4.69) is 28.6 Å². The van der Waals surface area contributed by atoms with Crippen LogP contribution in [0.1, 0.15) is 63.8 Å². The van der Waals surface area contributed by atoms with Crippen LogP contribution in [0.2, 0.25) is 0 Å². The van der Waals surface area contributed by atoms with Crippen molar-refractivity contribution in [2.75, 3.05) is 32.7 Å². The highest BCUT2D eigenvalue weighted by Crippen LogP contribution is 2.29. The second-order valence-electron chi connectivity index (χ2n) is 10.8. The number of likely N-dealkylation sites (tertiary alicyclic amines) is 2. The Hall–Kier alpha value is -2.12. The van der Waals surface area contributed by atoms with Gasteiger partial charge in [-0.15, -0.1) is 0 Å². The Bertz CT molecular complexity index is 970. The molecule has 4 rings (SSSR count). The topological polar surface area (TPSA) is 49.6 Å². The fraction of sp³-hybridized carbons (Fsp3) is 0.643. The third-order valence-electron chi connectivity index (χ3n) is 7.58. The molecule has 2 fully saturated rings. The highest BCUT2D eigenvalue weighted by Gasteiger charge is 2.27. The van der Waals surface area contributed by atoms with Crippen LogP contribution in [0.25, 0.3) is 11.5 Å². The summed E-state index contributed by atoms with van der Waals surface area (Å²) >= 11 is 0. The van der Waals surface area contributed by atoms with Crippen molar-refractivity contribution in [3.8, 4) is 11.5 Å². The SMILES string of the molecule is Cc1oc(-c2c(F)cccc2F)nc1CN1CCC(C(=O)CCCCN2C[C@H](C)C[C@H](C)C2)CC1. The van der Waals surface area contributed by atoms with Crippen LogP contribution in [0.3, 0.4) is 0 Å². The molecule has 2 saturated heterocycles. The number of halogens is 2. The van der Waals surface area contributed by atoms with Crippen LogP contribution in [0, 0.1) is 36.3 Å². The summed E-state index contributed by atoms with van der Waals surface area (Å²) in [6.45, 7) is 12.1. The van der Waals surface area contributed by atoms with Crippen molar-refractivity contribution >= 4 is 5.78 Å². The van der Waals surface area contributed by atoms with Crippen LogP contribution >= 0.6 is 0 Å². The van der Waals surface area contributed by atoms with Crippen LogP contribution in [0.4, 0.5) is 8.78 Å². The standard InChI is InChI=1S/C28H39F2N3O2/c1-19-15-20(2)17-33(16-19)12-5-4-9-26(34)22-10-13-32(14-11-22)18-25-21(3)35-28(31-25)27-23(29)7-6-8-24(27)30/h6-8,19-20,22H,4-5,9-18H2,1-3H3/t19-,20+. The third-order valence-corrected chi connectivity index (χ3v) is 7.58. The minimum atomic E-state index is -0.683. The first-order chi connectivity index (χ1) is 16.8. The molecule has 0 unspecified atom stereocenters. The van der Waals surface area contributed by atoms with Crippen molar-refractivity contribution in [3.05, 3.63) is 41.3 Å². The predicted molar refractivity (Wildman–Crippen MR) is 133 cm³/mol. The van der Waals surface area contributed by atoms with Gasteiger partial charge < -0.3 is 9.32 Å². The number of hydrogen-bond acceptors (Lipinski definition) is 5. The van der Waals surface area contributed by atoms with Gasteiger partial charge in [0.25, 0.3) is 0 Å². The van der Waals surface area contributed by atoms with E-state index < -0.39 is 11.6 Å². The molecule has 35 heavy (non-hydrogen) atoms. The van der Waals surface area contributed by atoms with Gasteiger partial charge in [0.1, 0.15) is 28.7 Å². The monoisotopic (exact) mass is 487 g/mol. The normalized spacial score (nSPS) is 22.5. The number of carbonyl (C=O) groups excluding carboxylic acids is 1. The molecule has 5 nitrogen and oxygen atoms in total. The number of ketones is 1. The second-order valence-corrected chi connectivity index (χ2v) is 10.8. The highest BCUT2D eigenvalue weighted by molar-refractivity contribution is 5.81. The van der Waals surface area contributed by atoms with Gasteiger partial charge in [-0.1, -0.05) is 19.9 Å². The van der Waals surface area contributed by atoms with E-state index in [0.29, 0.717) is 30.2 Å². The summed E-state index contributed by atoms with van der Waals surface area (Å²) in [6.07, 6.45) is 5.79. The van der Waals surface area contributed by atoms with E-state index in [0.717, 1.165) is 57.2 Å². The number of carbonyl (C=O) groups is 1. The number of unbranched alkanes of at least 4 members (excludes halogenated alkanes) is 1. The summed E-state index contributed by atoms with van der Waals surface area (Å²) in [5.41, 5.74) is 0.462. The van der Waals surface area contributed by atoms with Gasteiger partial charge in [-0.05, 0) is 82.6 Å². The molecule has 0 spiro atoms. The minimum absolute atomic E-state index is 0.0216. The highest BCUT2D eigenvalue weighted by atomic mass is 19.1. The first-order valence-electron chi connectivity index (χ1n) is 13.2. The van der Waals surface area contributed by atoms with Crippen molar-refractivity contribution in [3.63, 3.8) is 0 Å². The number of rotatable bonds is 9. The molecule has 0 N–H and O–H groups in total. The van der Waals surface area contributed by atoms with E-state index in [4.69, 9.17) is 4.42 Å². The molecule has 0 amide bonds. The van der Waals surface area contributed by atoms with Crippen molar-refractivity contribution in [1.82, 2.24) is 14.8 Å². The molecular weight excluding hydrogens is 448 g/mol. The zero-order chi connectivity index (χ0) is 24.9. The van der Waals surface area contributed by atoms with Gasteiger partial charge in [0.2, 0.25) is 5.89 Å². The van der Waals surface area contributed by atoms with Gasteiger partial charge in [-0.25, -0.2) is 13.8 Å². The molecule has 2 aliphatic rings. The lowest BCUT2D eigenvalue weighted by Crippen LogP contribution is -2.39. The number of aryl methyl sites for hydroxylation is 1. The predicted octanol–water partition coefficient (Wildman–Crippen LogP) is 5.86. The van der Waals surface area contributed by atoms with Crippen LogP contribution in [0.15, 0.2) is 22.6 Å². The Morgan fingerprint density at radius 1 is 1.06 bits per heavy atom. The van der Waals surface area contributed by atoms with Gasteiger partial charge in [0, 0.05) is 32.0 Å². The number of piperidine rings is 2. The van der Waals surface area contributed by atoms with E-state index in [1.807, 2.05) is 0 Å². The fourth-order valence-corrected chi connectivity index (χ4v) is 5.82. The summed E-state index contributed by atoms with van der Waals surface area (Å²) in [5, 5.41) is 0. The van der Waals surface area contributed by atoms with E-state index in [-0.39, 0.29) is 17.4 Å². The Balaban J connectivity index is 1.20. The molecule has 2 atom stereocenters. The first-order valence-corrected chi connectivity index (χ1v) is 13.2. The molecule has 2 aliphatic heterocycles. The van der Waals surface area contributed by atoms with Gasteiger partial charge in [-0.3, -0.25) is 9.69 Å². The van der Waals surface area contributed by atoms with E-state index in [1.165, 1.54) is 37.7 Å². The Kier molecular flexibility index (Phi) is 8.71. The molecule has 1 aromatic heterocycles. The van der Waals surface area contributed by atoms with Gasteiger partial charge in [0.15, 0.2) is 0 Å². The fourth-order valence-electron chi connectivity index (χ4n) is 5.82. The molecule has 0 bridgehead atoms. The molecule has 0 radical (unpaired) electrons. The lowest BCUT2D eigenvalue weighted by atomic mass is 9.89. The van der Waals surface area contributed by atoms with Crippen molar-refractivity contribution in [2.24, 2.45) is 17.8 Å². The Morgan fingerprint density at radius 3 is 2.37 bits per heavy atom. The molecule has 0 saturated carbocycles. The zero-order valence-electron chi connectivity index (χ0n) is 21.4. The summed E-state index contributed by atoms with van der Waals surface area (Å²) in [4.78, 5) is 22.0. The average Bonchev–Trinajstić information content (AvgIpc) is 3.16. The lowest BCUT2D eigenvalue weighted by molar-refractivity contribution is -0.124. The number of aromatic nitrogens is 1. The number of benzene rings is 1. The molecule has 2 aromatic rings. The zero-order valence-corrected chi connectivity index (χ0v) is 21.4. The molecule has 3 heterocycles. The maximum Gasteiger partial charge on any atom is 0.232 e. The maximum atomic E-state index is 14.1. The van der Waals surface area contributed by atoms with Crippen molar-refractivity contribution in [2.45, 2.75) is 65.8 Å². The molecular formula is C28H39F2N3O2. The van der Waals surface area contributed by atoms with Crippen LogP contribution < -0.4 is 0 Å². The Labute approximate surface area is 207 Å². The number of hydrogen-bond donors (Lipinski definition) is 0. The largest absolute Gasteiger partial charge is 0.441 e. The summed E-state index contributed by atoms with van der Waals surface area (Å²) in [7, 11) is 0. The molecule has 0 aliphatic carbocycles. The van der Waals surface area contributed by atoms with Crippen LogP contribution in [0.5, 0.6) is 0 Å². The van der Waals surface area contributed by atoms with Gasteiger partial charge >= 0.3 is 0 Å². The molecule has 7 heteroatoms. The van der Waals surface area contributed by atoms with Gasteiger partial charge in [-0.2, -0.15) is 0 Å². The smallest absolute Gasteiger partial charge is 0.232 e. The summed E-state index contributed by atoms with van der Waals surface area (Å²) < 4.78 is 33.8. The first kappa shape index (κ1) is 26.0. The van der Waals surface area contributed by atoms with Crippen LogP contribution in [-0.4, -0.2) is 53.3 Å². The molecule has 1 aromatic carbocycles. The summed E-state index contributed by atoms with van der Waals surface area (Å²) in [5.74, 6) is 1.28. The Morgan fingerprint density at radius 2 is 1.71 bits per heavy atom. The second kappa shape index (κ2) is 11.7. The number of oxazole rings is 1. The van der Waals surface area contributed by atoms with Crippen molar-refractivity contribution in [1.29, 1.82) is 0 Å². The van der Waals surface area contributed by atoms with Crippen molar-refractivity contribution < 1.29 is 18.0 Å². The maximum absolute atomic E-state index is 14.1. The number of Topliss-reactive ketones (excluding diaryl/α,β-unsaturated/α-hetero) is 1. The van der Waals surface area contributed by atoms with Gasteiger partial charge in [0.05, 0.1) is 5.69 Å². The number of nitrogens with zero attached hydrogens (tertiary/aromatic N) is 3. The average molecular weight is 488 g/mol. The van der Waals surface area contributed by atoms with E-state index >= 15 is 0 Å². The van der Waals surface area contributed by atoms with E-state index in [1.54, 1.807) is 6.92 Å². The van der Waals surface area contributed by atoms with Crippen LogP contribution in [-0.2, 0) is 11.3 Å². The quantitative estimate of drug-likeness (QED) is 0.415. The molecule has 192 valence electrons. The lowest BCUT2D eigenvalue weighted by Gasteiger charge is -2.35. The third kappa shape index (κ3) is 6.76. The summed E-state index contributed by atoms with van der Waals surface area (Å²) in [6, 6.07) is 3.73.